The smallest absolute Gasteiger partial charge is 0.321 e. The first kappa shape index (κ1) is 24.1. The zero-order chi connectivity index (χ0) is 22.5. The van der Waals surface area contributed by atoms with Crippen molar-refractivity contribution in [3.8, 4) is 0 Å². The molecule has 0 aromatic heterocycles. The molecule has 0 spiro atoms. The van der Waals surface area contributed by atoms with Gasteiger partial charge in [0.15, 0.2) is 6.61 Å². The number of hydrogen-bond donors (Lipinski definition) is 1. The fraction of sp³-hybridized carbons (Fsp3) is 0.556. The van der Waals surface area contributed by atoms with E-state index in [1.807, 2.05) is 18.6 Å². The quantitative estimate of drug-likeness (QED) is 0.268. The monoisotopic (exact) mass is 459 g/mol. The highest BCUT2D eigenvalue weighted by Crippen LogP contribution is 2.29. The van der Waals surface area contributed by atoms with Gasteiger partial charge in [0.25, 0.3) is 11.6 Å². The van der Waals surface area contributed by atoms with Gasteiger partial charge in [0.05, 0.1) is 14.7 Å². The lowest BCUT2D eigenvalue weighted by Gasteiger charge is -2.34. The number of piperidine rings is 1. The molecule has 1 saturated heterocycles. The molecule has 12 heteroatoms. The Labute approximate surface area is 179 Å². The third-order valence-electron chi connectivity index (χ3n) is 4.64. The van der Waals surface area contributed by atoms with Gasteiger partial charge >= 0.3 is 5.97 Å². The number of ether oxygens (including phenoxy) is 1. The number of hydrogen-bond acceptors (Lipinski definition) is 8. The molecule has 1 aromatic carbocycles. The van der Waals surface area contributed by atoms with Crippen LogP contribution in [0.4, 0.5) is 5.69 Å². The van der Waals surface area contributed by atoms with Crippen LogP contribution in [-0.2, 0) is 24.3 Å². The summed E-state index contributed by atoms with van der Waals surface area (Å²) in [6, 6.07) is 3.48. The average Bonchev–Trinajstić information content (AvgIpc) is 2.69. The molecule has 0 aliphatic carbocycles. The van der Waals surface area contributed by atoms with Crippen LogP contribution in [-0.4, -0.2) is 62.6 Å². The normalized spacial score (nSPS) is 19.4. The van der Waals surface area contributed by atoms with Crippen LogP contribution in [0, 0.1) is 22.0 Å². The van der Waals surface area contributed by atoms with Gasteiger partial charge in [-0.05, 0) is 36.6 Å². The van der Waals surface area contributed by atoms with Gasteiger partial charge in [-0.3, -0.25) is 19.7 Å². The summed E-state index contributed by atoms with van der Waals surface area (Å²) in [7, 11) is -4.17. The van der Waals surface area contributed by atoms with Crippen molar-refractivity contribution in [2.75, 3.05) is 32.5 Å². The van der Waals surface area contributed by atoms with Crippen LogP contribution in [0.1, 0.15) is 20.3 Å². The first-order valence-electron chi connectivity index (χ1n) is 9.29. The van der Waals surface area contributed by atoms with Crippen molar-refractivity contribution in [1.29, 1.82) is 0 Å². The maximum absolute atomic E-state index is 12.3. The van der Waals surface area contributed by atoms with Crippen LogP contribution in [0.3, 0.4) is 0 Å². The van der Waals surface area contributed by atoms with E-state index in [2.05, 4.69) is 0 Å². The van der Waals surface area contributed by atoms with Crippen molar-refractivity contribution in [2.24, 2.45) is 11.8 Å². The Hall–Kier alpha value is -2.18. The molecule has 2 rings (SSSR count). The zero-order valence-electron chi connectivity index (χ0n) is 17.0. The molecule has 1 fully saturated rings. The Morgan fingerprint density at radius 3 is 2.50 bits per heavy atom. The predicted molar refractivity (Wildman–Crippen MR) is 111 cm³/mol. The van der Waals surface area contributed by atoms with Crippen LogP contribution < -0.4 is 4.72 Å². The Balaban J connectivity index is 1.91. The van der Waals surface area contributed by atoms with Crippen molar-refractivity contribution in [2.45, 2.75) is 30.1 Å². The molecule has 1 aliphatic heterocycles. The largest absolute Gasteiger partial charge is 0.455 e. The summed E-state index contributed by atoms with van der Waals surface area (Å²) >= 11 is 1.12. The number of nitrogens with one attached hydrogen (secondary N) is 1. The summed E-state index contributed by atoms with van der Waals surface area (Å²) < 4.78 is 31.6. The van der Waals surface area contributed by atoms with E-state index in [1.165, 1.54) is 12.1 Å². The maximum Gasteiger partial charge on any atom is 0.321 e. The second-order valence-electron chi connectivity index (χ2n) is 7.32. The SMILES string of the molecule is CSc1ccc(S(=O)(=O)NCC(=O)OCC(=O)N2C[C@H](C)C[C@@H](C)C2)cc1[N+](=O)[O-]. The number of nitro benzene ring substituents is 1. The van der Waals surface area contributed by atoms with Gasteiger partial charge in [-0.25, -0.2) is 8.42 Å². The molecule has 1 aliphatic rings. The standard InChI is InChI=1S/C18H25N3O7S2/c1-12-6-13(2)10-20(9-12)17(22)11-28-18(23)8-19-30(26,27)14-4-5-16(29-3)15(7-14)21(24)25/h4-5,7,12-13,19H,6,8-11H2,1-3H3/t12-,13-/m1/s1. The van der Waals surface area contributed by atoms with E-state index in [9.17, 15) is 28.1 Å². The molecule has 166 valence electrons. The Bertz CT molecular complexity index is 910. The highest BCUT2D eigenvalue weighted by atomic mass is 32.2. The van der Waals surface area contributed by atoms with Crippen LogP contribution in [0.25, 0.3) is 0 Å². The van der Waals surface area contributed by atoms with Gasteiger partial charge in [-0.2, -0.15) is 4.72 Å². The van der Waals surface area contributed by atoms with E-state index >= 15 is 0 Å². The second-order valence-corrected chi connectivity index (χ2v) is 9.94. The van der Waals surface area contributed by atoms with Crippen molar-refractivity contribution in [1.82, 2.24) is 9.62 Å². The van der Waals surface area contributed by atoms with E-state index in [0.29, 0.717) is 29.8 Å². The van der Waals surface area contributed by atoms with Gasteiger partial charge < -0.3 is 9.64 Å². The van der Waals surface area contributed by atoms with Crippen LogP contribution in [0.2, 0.25) is 0 Å². The first-order chi connectivity index (χ1) is 14.0. The molecule has 1 N–H and O–H groups in total. The van der Waals surface area contributed by atoms with Crippen LogP contribution in [0.5, 0.6) is 0 Å². The number of esters is 1. The molecule has 0 radical (unpaired) electrons. The van der Waals surface area contributed by atoms with Gasteiger partial charge in [0.1, 0.15) is 6.54 Å². The average molecular weight is 460 g/mol. The number of nitrogens with zero attached hydrogens (tertiary/aromatic N) is 2. The molecule has 0 bridgehead atoms. The highest BCUT2D eigenvalue weighted by molar-refractivity contribution is 7.98. The van der Waals surface area contributed by atoms with E-state index < -0.39 is 34.1 Å². The maximum atomic E-state index is 12.3. The van der Waals surface area contributed by atoms with Gasteiger partial charge in [0, 0.05) is 19.2 Å². The number of likely N-dealkylation sites (tertiary alicyclic amines) is 1. The lowest BCUT2D eigenvalue weighted by molar-refractivity contribution is -0.388. The molecule has 0 saturated carbocycles. The Kier molecular flexibility index (Phi) is 8.21. The number of amides is 1. The van der Waals surface area contributed by atoms with Crippen molar-refractivity contribution < 1.29 is 27.7 Å². The summed E-state index contributed by atoms with van der Waals surface area (Å²) in [6.45, 7) is 4.13. The third-order valence-corrected chi connectivity index (χ3v) is 6.83. The molecule has 1 amide bonds. The van der Waals surface area contributed by atoms with Crippen LogP contribution >= 0.6 is 11.8 Å². The molecule has 30 heavy (non-hydrogen) atoms. The zero-order valence-corrected chi connectivity index (χ0v) is 18.6. The summed E-state index contributed by atoms with van der Waals surface area (Å²) in [5.74, 6) is -0.517. The molecule has 0 unspecified atom stereocenters. The number of thioether (sulfide) groups is 1. The number of carbonyl (C=O) groups is 2. The van der Waals surface area contributed by atoms with Crippen molar-refractivity contribution >= 4 is 39.3 Å². The number of sulfonamides is 1. The van der Waals surface area contributed by atoms with Crippen LogP contribution in [0.15, 0.2) is 28.0 Å². The Morgan fingerprint density at radius 2 is 1.93 bits per heavy atom. The van der Waals surface area contributed by atoms with Gasteiger partial charge in [-0.1, -0.05) is 13.8 Å². The van der Waals surface area contributed by atoms with E-state index in [-0.39, 0.29) is 16.5 Å². The predicted octanol–water partition coefficient (Wildman–Crippen LogP) is 1.64. The topological polar surface area (TPSA) is 136 Å². The number of benzene rings is 1. The summed E-state index contributed by atoms with van der Waals surface area (Å²) in [5.41, 5.74) is -0.344. The number of carbonyl (C=O) groups excluding carboxylic acids is 2. The van der Waals surface area contributed by atoms with Gasteiger partial charge in [0.2, 0.25) is 10.0 Å². The number of nitro groups is 1. The minimum absolute atomic E-state index is 0.318. The minimum atomic E-state index is -4.17. The fourth-order valence-corrected chi connectivity index (χ4v) is 4.90. The summed E-state index contributed by atoms with van der Waals surface area (Å²) in [5, 5.41) is 11.1. The van der Waals surface area contributed by atoms with E-state index in [4.69, 9.17) is 4.74 Å². The second kappa shape index (κ2) is 10.2. The van der Waals surface area contributed by atoms with E-state index in [1.54, 1.807) is 11.2 Å². The third kappa shape index (κ3) is 6.41. The highest BCUT2D eigenvalue weighted by Gasteiger charge is 2.26. The van der Waals surface area contributed by atoms with E-state index in [0.717, 1.165) is 24.2 Å². The molecule has 1 heterocycles. The fourth-order valence-electron chi connectivity index (χ4n) is 3.37. The molecular weight excluding hydrogens is 434 g/mol. The number of rotatable bonds is 8. The molecule has 10 nitrogen and oxygen atoms in total. The summed E-state index contributed by atoms with van der Waals surface area (Å²) in [4.78, 5) is 36.2. The molecule has 1 aromatic rings. The van der Waals surface area contributed by atoms with Crippen molar-refractivity contribution in [3.63, 3.8) is 0 Å². The minimum Gasteiger partial charge on any atom is -0.455 e. The first-order valence-corrected chi connectivity index (χ1v) is 12.0. The molecule has 2 atom stereocenters. The molecular formula is C18H25N3O7S2. The lowest BCUT2D eigenvalue weighted by Crippen LogP contribution is -2.44. The van der Waals surface area contributed by atoms with Crippen molar-refractivity contribution in [3.05, 3.63) is 28.3 Å². The Morgan fingerprint density at radius 1 is 1.30 bits per heavy atom. The lowest BCUT2D eigenvalue weighted by atomic mass is 9.92. The van der Waals surface area contributed by atoms with Gasteiger partial charge in [-0.15, -0.1) is 11.8 Å². The summed E-state index contributed by atoms with van der Waals surface area (Å²) in [6.07, 6.45) is 2.67.